The predicted molar refractivity (Wildman–Crippen MR) is 98.5 cm³/mol. The summed E-state index contributed by atoms with van der Waals surface area (Å²) in [5.41, 5.74) is 1.49. The molecule has 2 rings (SSSR count). The van der Waals surface area contributed by atoms with E-state index >= 15 is 0 Å². The Labute approximate surface area is 148 Å². The Morgan fingerprint density at radius 3 is 2.32 bits per heavy atom. The number of ether oxygens (including phenoxy) is 1. The van der Waals surface area contributed by atoms with Gasteiger partial charge in [0.1, 0.15) is 5.75 Å². The van der Waals surface area contributed by atoms with E-state index in [-0.39, 0.29) is 6.04 Å². The van der Waals surface area contributed by atoms with E-state index in [4.69, 9.17) is 4.74 Å². The SMILES string of the molecule is CCCCOc1ccc(NC(=O)C(=O)N[C@H](C)c2ccccc2)cc1. The van der Waals surface area contributed by atoms with E-state index in [0.29, 0.717) is 12.3 Å². The van der Waals surface area contributed by atoms with Gasteiger partial charge >= 0.3 is 11.8 Å². The van der Waals surface area contributed by atoms with E-state index in [2.05, 4.69) is 17.6 Å². The van der Waals surface area contributed by atoms with E-state index in [1.54, 1.807) is 24.3 Å². The van der Waals surface area contributed by atoms with E-state index in [0.717, 1.165) is 24.2 Å². The van der Waals surface area contributed by atoms with Crippen LogP contribution < -0.4 is 15.4 Å². The minimum absolute atomic E-state index is 0.242. The van der Waals surface area contributed by atoms with Crippen LogP contribution in [-0.2, 0) is 9.59 Å². The van der Waals surface area contributed by atoms with Crippen molar-refractivity contribution in [3.05, 3.63) is 60.2 Å². The lowest BCUT2D eigenvalue weighted by Crippen LogP contribution is -2.36. The molecule has 0 bridgehead atoms. The Morgan fingerprint density at radius 1 is 1.00 bits per heavy atom. The van der Waals surface area contributed by atoms with Gasteiger partial charge in [0.05, 0.1) is 12.6 Å². The number of amides is 2. The molecule has 5 heteroatoms. The number of anilines is 1. The van der Waals surface area contributed by atoms with Crippen LogP contribution in [0.1, 0.15) is 38.3 Å². The van der Waals surface area contributed by atoms with Gasteiger partial charge in [-0.15, -0.1) is 0 Å². The number of rotatable bonds is 7. The Balaban J connectivity index is 1.85. The molecule has 0 aliphatic rings. The van der Waals surface area contributed by atoms with Crippen LogP contribution in [0.25, 0.3) is 0 Å². The van der Waals surface area contributed by atoms with Crippen LogP contribution in [0, 0.1) is 0 Å². The molecule has 0 aliphatic carbocycles. The average molecular weight is 340 g/mol. The maximum atomic E-state index is 12.0. The van der Waals surface area contributed by atoms with Crippen molar-refractivity contribution in [1.82, 2.24) is 5.32 Å². The summed E-state index contributed by atoms with van der Waals surface area (Å²) in [4.78, 5) is 24.0. The van der Waals surface area contributed by atoms with Gasteiger partial charge in [0.25, 0.3) is 0 Å². The molecular formula is C20H24N2O3. The van der Waals surface area contributed by atoms with Crippen LogP contribution >= 0.6 is 0 Å². The van der Waals surface area contributed by atoms with Gasteiger partial charge in [-0.2, -0.15) is 0 Å². The lowest BCUT2D eigenvalue weighted by molar-refractivity contribution is -0.136. The molecule has 0 aromatic heterocycles. The Kier molecular flexibility index (Phi) is 7.01. The fourth-order valence-electron chi connectivity index (χ4n) is 2.24. The quantitative estimate of drug-likeness (QED) is 0.597. The number of carbonyl (C=O) groups excluding carboxylic acids is 2. The summed E-state index contributed by atoms with van der Waals surface area (Å²) < 4.78 is 5.56. The molecule has 0 unspecified atom stereocenters. The molecule has 0 radical (unpaired) electrons. The zero-order valence-corrected chi connectivity index (χ0v) is 14.6. The van der Waals surface area contributed by atoms with Crippen molar-refractivity contribution >= 4 is 17.5 Å². The summed E-state index contributed by atoms with van der Waals surface area (Å²) in [5.74, 6) is -0.615. The third-order valence-corrected chi connectivity index (χ3v) is 3.73. The zero-order chi connectivity index (χ0) is 18.1. The molecule has 2 amide bonds. The first kappa shape index (κ1) is 18.5. The van der Waals surface area contributed by atoms with E-state index in [9.17, 15) is 9.59 Å². The van der Waals surface area contributed by atoms with Gasteiger partial charge in [-0.25, -0.2) is 0 Å². The smallest absolute Gasteiger partial charge is 0.313 e. The van der Waals surface area contributed by atoms with Gasteiger partial charge in [-0.1, -0.05) is 43.7 Å². The fraction of sp³-hybridized carbons (Fsp3) is 0.300. The first-order chi connectivity index (χ1) is 12.1. The van der Waals surface area contributed by atoms with Crippen LogP contribution in [0.2, 0.25) is 0 Å². The van der Waals surface area contributed by atoms with Crippen LogP contribution in [0.5, 0.6) is 5.75 Å². The molecule has 0 heterocycles. The second-order valence-corrected chi connectivity index (χ2v) is 5.79. The van der Waals surface area contributed by atoms with Gasteiger partial charge < -0.3 is 15.4 Å². The van der Waals surface area contributed by atoms with Crippen molar-refractivity contribution in [2.24, 2.45) is 0 Å². The summed E-state index contributed by atoms with van der Waals surface area (Å²) >= 11 is 0. The molecule has 5 nitrogen and oxygen atoms in total. The number of nitrogens with one attached hydrogen (secondary N) is 2. The van der Waals surface area contributed by atoms with Crippen molar-refractivity contribution in [2.75, 3.05) is 11.9 Å². The number of carbonyl (C=O) groups is 2. The highest BCUT2D eigenvalue weighted by Gasteiger charge is 2.17. The van der Waals surface area contributed by atoms with Gasteiger partial charge in [-0.3, -0.25) is 9.59 Å². The van der Waals surface area contributed by atoms with Crippen molar-refractivity contribution in [3.63, 3.8) is 0 Å². The first-order valence-corrected chi connectivity index (χ1v) is 8.49. The summed E-state index contributed by atoms with van der Waals surface area (Å²) in [6, 6.07) is 16.2. The highest BCUT2D eigenvalue weighted by molar-refractivity contribution is 6.39. The van der Waals surface area contributed by atoms with Crippen molar-refractivity contribution in [2.45, 2.75) is 32.7 Å². The topological polar surface area (TPSA) is 67.4 Å². The molecule has 132 valence electrons. The maximum absolute atomic E-state index is 12.0. The van der Waals surface area contributed by atoms with Crippen molar-refractivity contribution in [1.29, 1.82) is 0 Å². The lowest BCUT2D eigenvalue weighted by atomic mass is 10.1. The van der Waals surface area contributed by atoms with E-state index < -0.39 is 11.8 Å². The minimum Gasteiger partial charge on any atom is -0.494 e. The summed E-state index contributed by atoms with van der Waals surface area (Å²) in [7, 11) is 0. The van der Waals surface area contributed by atoms with E-state index in [1.807, 2.05) is 37.3 Å². The summed E-state index contributed by atoms with van der Waals surface area (Å²) in [6.07, 6.45) is 2.07. The normalized spacial score (nSPS) is 11.4. The molecule has 0 spiro atoms. The molecule has 0 saturated carbocycles. The van der Waals surface area contributed by atoms with E-state index in [1.165, 1.54) is 0 Å². The van der Waals surface area contributed by atoms with Crippen LogP contribution in [0.15, 0.2) is 54.6 Å². The number of hydrogen-bond acceptors (Lipinski definition) is 3. The highest BCUT2D eigenvalue weighted by Crippen LogP contribution is 2.16. The second-order valence-electron chi connectivity index (χ2n) is 5.79. The monoisotopic (exact) mass is 340 g/mol. The zero-order valence-electron chi connectivity index (χ0n) is 14.6. The summed E-state index contributed by atoms with van der Waals surface area (Å²) in [5, 5.41) is 5.27. The molecule has 2 aromatic rings. The Bertz CT molecular complexity index is 684. The van der Waals surface area contributed by atoms with Gasteiger partial charge in [0, 0.05) is 5.69 Å². The molecule has 2 aromatic carbocycles. The molecule has 25 heavy (non-hydrogen) atoms. The standard InChI is InChI=1S/C20H24N2O3/c1-3-4-14-25-18-12-10-17(11-13-18)22-20(24)19(23)21-15(2)16-8-6-5-7-9-16/h5-13,15H,3-4,14H2,1-2H3,(H,21,23)(H,22,24)/t15-/m1/s1. The van der Waals surface area contributed by atoms with Gasteiger partial charge in [-0.05, 0) is 43.2 Å². The minimum atomic E-state index is -0.692. The average Bonchev–Trinajstić information content (AvgIpc) is 2.64. The van der Waals surface area contributed by atoms with Crippen molar-refractivity contribution in [3.8, 4) is 5.75 Å². The van der Waals surface area contributed by atoms with Crippen molar-refractivity contribution < 1.29 is 14.3 Å². The fourth-order valence-corrected chi connectivity index (χ4v) is 2.24. The molecule has 0 fully saturated rings. The largest absolute Gasteiger partial charge is 0.494 e. The van der Waals surface area contributed by atoms with Crippen LogP contribution in [-0.4, -0.2) is 18.4 Å². The molecule has 0 aliphatic heterocycles. The molecular weight excluding hydrogens is 316 g/mol. The Hall–Kier alpha value is -2.82. The van der Waals surface area contributed by atoms with Gasteiger partial charge in [0.15, 0.2) is 0 Å². The molecule has 0 saturated heterocycles. The van der Waals surface area contributed by atoms with Crippen LogP contribution in [0.4, 0.5) is 5.69 Å². The third kappa shape index (κ3) is 5.95. The predicted octanol–water partition coefficient (Wildman–Crippen LogP) is 3.68. The molecule has 2 N–H and O–H groups in total. The first-order valence-electron chi connectivity index (χ1n) is 8.49. The van der Waals surface area contributed by atoms with Gasteiger partial charge in [0.2, 0.25) is 0 Å². The Morgan fingerprint density at radius 2 is 1.68 bits per heavy atom. The maximum Gasteiger partial charge on any atom is 0.313 e. The molecule has 1 atom stereocenters. The lowest BCUT2D eigenvalue weighted by Gasteiger charge is -2.14. The number of benzene rings is 2. The second kappa shape index (κ2) is 9.47. The van der Waals surface area contributed by atoms with Crippen LogP contribution in [0.3, 0.4) is 0 Å². The third-order valence-electron chi connectivity index (χ3n) is 3.73. The summed E-state index contributed by atoms with van der Waals surface area (Å²) in [6.45, 7) is 4.61. The number of hydrogen-bond donors (Lipinski definition) is 2. The number of unbranched alkanes of at least 4 members (excludes halogenated alkanes) is 1. The highest BCUT2D eigenvalue weighted by atomic mass is 16.5.